The topological polar surface area (TPSA) is 53.2 Å². The van der Waals surface area contributed by atoms with Crippen LogP contribution >= 0.6 is 11.6 Å². The van der Waals surface area contributed by atoms with E-state index in [2.05, 4.69) is 4.98 Å². The molecule has 152 valence electrons. The molecule has 0 saturated carbocycles. The third kappa shape index (κ3) is 3.03. The first-order chi connectivity index (χ1) is 14.5. The van der Waals surface area contributed by atoms with Crippen LogP contribution in [0.4, 0.5) is 4.39 Å². The third-order valence-corrected chi connectivity index (χ3v) is 7.75. The fourth-order valence-corrected chi connectivity index (χ4v) is 6.02. The number of fused-ring (bicyclic) bond motifs is 3. The lowest BCUT2D eigenvalue weighted by Gasteiger charge is -2.35. The van der Waals surface area contributed by atoms with Gasteiger partial charge in [-0.1, -0.05) is 54.1 Å². The molecule has 0 aliphatic carbocycles. The van der Waals surface area contributed by atoms with E-state index in [4.69, 9.17) is 11.6 Å². The Morgan fingerprint density at radius 3 is 2.43 bits per heavy atom. The van der Waals surface area contributed by atoms with Crippen LogP contribution in [0.1, 0.15) is 22.9 Å². The van der Waals surface area contributed by atoms with Crippen molar-refractivity contribution in [3.8, 4) is 0 Å². The number of aromatic amines is 1. The Morgan fingerprint density at radius 2 is 1.67 bits per heavy atom. The Bertz CT molecular complexity index is 1350. The standard InChI is InChI=1S/C23H18ClFN2O2S/c24-16-11-9-15(10-12-16)23-22-18(17-5-1-3-7-20(17)26-22)13-14-27(23)30(28,29)21-8-4-2-6-19(21)25/h1-12,23,26H,13-14H2/t23-/m0/s1. The normalized spacial score (nSPS) is 17.2. The van der Waals surface area contributed by atoms with Gasteiger partial charge in [0.15, 0.2) is 0 Å². The summed E-state index contributed by atoms with van der Waals surface area (Å²) in [6.07, 6.45) is 0.539. The van der Waals surface area contributed by atoms with Crippen LogP contribution in [-0.4, -0.2) is 24.3 Å². The molecule has 0 radical (unpaired) electrons. The SMILES string of the molecule is O=S(=O)(c1ccccc1F)N1CCc2c([nH]c3ccccc23)[C@@H]1c1ccc(Cl)cc1. The second-order valence-electron chi connectivity index (χ2n) is 7.31. The molecule has 7 heteroatoms. The maximum atomic E-state index is 14.5. The number of nitrogens with zero attached hydrogens (tertiary/aromatic N) is 1. The molecule has 1 aromatic heterocycles. The molecule has 1 N–H and O–H groups in total. The molecule has 5 rings (SSSR count). The summed E-state index contributed by atoms with van der Waals surface area (Å²) >= 11 is 6.07. The third-order valence-electron chi connectivity index (χ3n) is 5.60. The highest BCUT2D eigenvalue weighted by Gasteiger charge is 2.40. The van der Waals surface area contributed by atoms with Crippen LogP contribution in [0.2, 0.25) is 5.02 Å². The van der Waals surface area contributed by atoms with Crippen LogP contribution in [0.5, 0.6) is 0 Å². The van der Waals surface area contributed by atoms with Crippen molar-refractivity contribution < 1.29 is 12.8 Å². The Hall–Kier alpha value is -2.67. The van der Waals surface area contributed by atoms with E-state index in [0.717, 1.165) is 27.7 Å². The number of aromatic nitrogens is 1. The zero-order valence-electron chi connectivity index (χ0n) is 15.8. The van der Waals surface area contributed by atoms with Crippen LogP contribution in [0, 0.1) is 5.82 Å². The van der Waals surface area contributed by atoms with Crippen molar-refractivity contribution >= 4 is 32.5 Å². The molecule has 0 saturated heterocycles. The largest absolute Gasteiger partial charge is 0.357 e. The molecule has 4 aromatic rings. The van der Waals surface area contributed by atoms with Gasteiger partial charge in [-0.15, -0.1) is 0 Å². The highest BCUT2D eigenvalue weighted by atomic mass is 35.5. The first-order valence-electron chi connectivity index (χ1n) is 9.58. The Kier molecular flexibility index (Phi) is 4.65. The first kappa shape index (κ1) is 19.3. The number of H-pyrrole nitrogens is 1. The molecule has 1 atom stereocenters. The number of para-hydroxylation sites is 1. The van der Waals surface area contributed by atoms with E-state index in [1.807, 2.05) is 36.4 Å². The van der Waals surface area contributed by atoms with E-state index < -0.39 is 21.9 Å². The summed E-state index contributed by atoms with van der Waals surface area (Å²) in [6, 6.07) is 19.9. The Balaban J connectivity index is 1.73. The van der Waals surface area contributed by atoms with Gasteiger partial charge in [-0.05, 0) is 47.9 Å². The highest BCUT2D eigenvalue weighted by molar-refractivity contribution is 7.89. The van der Waals surface area contributed by atoms with Gasteiger partial charge in [-0.3, -0.25) is 0 Å². The summed E-state index contributed by atoms with van der Waals surface area (Å²) in [5, 5.41) is 1.64. The average molecular weight is 441 g/mol. The summed E-state index contributed by atoms with van der Waals surface area (Å²) in [7, 11) is -4.07. The lowest BCUT2D eigenvalue weighted by molar-refractivity contribution is 0.338. The number of rotatable bonds is 3. The van der Waals surface area contributed by atoms with Crippen LogP contribution in [0.3, 0.4) is 0 Å². The van der Waals surface area contributed by atoms with E-state index in [1.54, 1.807) is 12.1 Å². The van der Waals surface area contributed by atoms with Crippen molar-refractivity contribution in [3.05, 3.63) is 100 Å². The van der Waals surface area contributed by atoms with Crippen LogP contribution < -0.4 is 0 Å². The molecular formula is C23H18ClFN2O2S. The predicted molar refractivity (Wildman–Crippen MR) is 116 cm³/mol. The number of halogens is 2. The fraction of sp³-hybridized carbons (Fsp3) is 0.130. The number of nitrogens with one attached hydrogen (secondary N) is 1. The Labute approximate surface area is 179 Å². The summed E-state index contributed by atoms with van der Waals surface area (Å²) < 4.78 is 42.9. The molecule has 3 aromatic carbocycles. The van der Waals surface area contributed by atoms with E-state index >= 15 is 0 Å². The van der Waals surface area contributed by atoms with Gasteiger partial charge in [0, 0.05) is 28.2 Å². The molecule has 0 amide bonds. The van der Waals surface area contributed by atoms with Crippen molar-refractivity contribution in [2.45, 2.75) is 17.4 Å². The van der Waals surface area contributed by atoms with Crippen molar-refractivity contribution in [1.29, 1.82) is 0 Å². The molecular weight excluding hydrogens is 423 g/mol. The lowest BCUT2D eigenvalue weighted by Crippen LogP contribution is -2.40. The summed E-state index contributed by atoms with van der Waals surface area (Å²) in [4.78, 5) is 3.10. The van der Waals surface area contributed by atoms with E-state index in [9.17, 15) is 12.8 Å². The number of hydrogen-bond acceptors (Lipinski definition) is 2. The quantitative estimate of drug-likeness (QED) is 0.470. The molecule has 0 fully saturated rings. The molecule has 4 nitrogen and oxygen atoms in total. The van der Waals surface area contributed by atoms with Gasteiger partial charge in [-0.25, -0.2) is 12.8 Å². The van der Waals surface area contributed by atoms with Crippen LogP contribution in [-0.2, 0) is 16.4 Å². The van der Waals surface area contributed by atoms with Gasteiger partial charge >= 0.3 is 0 Å². The van der Waals surface area contributed by atoms with Crippen molar-refractivity contribution in [2.24, 2.45) is 0 Å². The number of benzene rings is 3. The monoisotopic (exact) mass is 440 g/mol. The summed E-state index contributed by atoms with van der Waals surface area (Å²) in [5.41, 5.74) is 3.62. The first-order valence-corrected chi connectivity index (χ1v) is 11.4. The molecule has 0 unspecified atom stereocenters. The zero-order valence-corrected chi connectivity index (χ0v) is 17.4. The zero-order chi connectivity index (χ0) is 20.9. The van der Waals surface area contributed by atoms with Crippen LogP contribution in [0.25, 0.3) is 10.9 Å². The number of sulfonamides is 1. The molecule has 0 bridgehead atoms. The second kappa shape index (κ2) is 7.23. The van der Waals surface area contributed by atoms with Gasteiger partial charge < -0.3 is 4.98 Å². The minimum Gasteiger partial charge on any atom is -0.357 e. The Morgan fingerprint density at radius 1 is 0.967 bits per heavy atom. The summed E-state index contributed by atoms with van der Waals surface area (Å²) in [6.45, 7) is 0.249. The van der Waals surface area contributed by atoms with Crippen molar-refractivity contribution in [2.75, 3.05) is 6.54 Å². The molecule has 0 spiro atoms. The average Bonchev–Trinajstić information content (AvgIpc) is 3.13. The van der Waals surface area contributed by atoms with Gasteiger partial charge in [0.2, 0.25) is 10.0 Å². The van der Waals surface area contributed by atoms with E-state index in [0.29, 0.717) is 11.4 Å². The number of hydrogen-bond donors (Lipinski definition) is 1. The van der Waals surface area contributed by atoms with Gasteiger partial charge in [0.05, 0.1) is 6.04 Å². The van der Waals surface area contributed by atoms with Crippen molar-refractivity contribution in [1.82, 2.24) is 9.29 Å². The summed E-state index contributed by atoms with van der Waals surface area (Å²) in [5.74, 6) is -0.755. The smallest absolute Gasteiger partial charge is 0.246 e. The molecule has 1 aliphatic heterocycles. The van der Waals surface area contributed by atoms with Gasteiger partial charge in [-0.2, -0.15) is 4.31 Å². The minimum absolute atomic E-state index is 0.249. The van der Waals surface area contributed by atoms with Gasteiger partial charge in [0.25, 0.3) is 0 Å². The fourth-order valence-electron chi connectivity index (χ4n) is 4.24. The highest BCUT2D eigenvalue weighted by Crippen LogP contribution is 2.41. The van der Waals surface area contributed by atoms with Gasteiger partial charge in [0.1, 0.15) is 10.7 Å². The van der Waals surface area contributed by atoms with E-state index in [1.165, 1.54) is 28.6 Å². The minimum atomic E-state index is -4.07. The van der Waals surface area contributed by atoms with E-state index in [-0.39, 0.29) is 11.4 Å². The molecule has 30 heavy (non-hydrogen) atoms. The molecule has 1 aliphatic rings. The second-order valence-corrected chi connectivity index (χ2v) is 9.61. The predicted octanol–water partition coefficient (Wildman–Crippen LogP) is 5.30. The maximum absolute atomic E-state index is 14.5. The van der Waals surface area contributed by atoms with Crippen molar-refractivity contribution in [3.63, 3.8) is 0 Å². The maximum Gasteiger partial charge on any atom is 0.246 e. The molecule has 2 heterocycles. The van der Waals surface area contributed by atoms with Crippen LogP contribution in [0.15, 0.2) is 77.7 Å². The lowest BCUT2D eigenvalue weighted by atomic mass is 9.94.